The Labute approximate surface area is 149 Å². The Morgan fingerprint density at radius 2 is 1.92 bits per heavy atom. The van der Waals surface area contributed by atoms with Crippen molar-refractivity contribution in [3.8, 4) is 5.75 Å². The Balaban J connectivity index is 2.29. The van der Waals surface area contributed by atoms with Gasteiger partial charge in [-0.05, 0) is 44.6 Å². The number of alkyl halides is 2. The van der Waals surface area contributed by atoms with Gasteiger partial charge in [-0.1, -0.05) is 18.2 Å². The van der Waals surface area contributed by atoms with Crippen LogP contribution in [0.4, 0.5) is 8.78 Å². The number of allylic oxidation sites excluding steroid dienone is 1. The summed E-state index contributed by atoms with van der Waals surface area (Å²) in [6.45, 7) is 2.27. The number of para-hydroxylation sites is 1. The maximum absolute atomic E-state index is 12.5. The summed E-state index contributed by atoms with van der Waals surface area (Å²) in [5, 5.41) is 0. The maximum Gasteiger partial charge on any atom is 0.387 e. The molecule has 1 aromatic heterocycles. The van der Waals surface area contributed by atoms with Crippen LogP contribution in [0.15, 0.2) is 30.3 Å². The molecule has 0 saturated heterocycles. The molecule has 0 saturated carbocycles. The van der Waals surface area contributed by atoms with Gasteiger partial charge in [0.1, 0.15) is 11.4 Å². The number of benzene rings is 1. The van der Waals surface area contributed by atoms with Gasteiger partial charge in [-0.2, -0.15) is 8.78 Å². The van der Waals surface area contributed by atoms with E-state index < -0.39 is 12.6 Å². The van der Waals surface area contributed by atoms with Crippen LogP contribution in [0.2, 0.25) is 0 Å². The van der Waals surface area contributed by atoms with Crippen molar-refractivity contribution in [1.82, 2.24) is 4.98 Å². The van der Waals surface area contributed by atoms with E-state index in [1.165, 1.54) is 18.2 Å². The summed E-state index contributed by atoms with van der Waals surface area (Å²) in [6.07, 6.45) is 2.65. The number of aromatic amines is 1. The highest BCUT2D eigenvalue weighted by molar-refractivity contribution is 6.10. The molecule has 7 heteroatoms. The Hall–Kier alpha value is -2.96. The molecule has 5 nitrogen and oxygen atoms in total. The van der Waals surface area contributed by atoms with Crippen molar-refractivity contribution in [3.05, 3.63) is 58.4 Å². The molecule has 1 heterocycles. The van der Waals surface area contributed by atoms with Gasteiger partial charge in [-0.25, -0.2) is 4.79 Å². The first kappa shape index (κ1) is 19.4. The number of H-pyrrole nitrogens is 1. The molecule has 0 atom stereocenters. The molecule has 0 aliphatic heterocycles. The second-order valence-electron chi connectivity index (χ2n) is 5.46. The number of nitrogens with one attached hydrogen (secondary N) is 1. The summed E-state index contributed by atoms with van der Waals surface area (Å²) >= 11 is 0. The zero-order valence-corrected chi connectivity index (χ0v) is 14.6. The Morgan fingerprint density at radius 1 is 1.23 bits per heavy atom. The fourth-order valence-corrected chi connectivity index (χ4v) is 2.60. The van der Waals surface area contributed by atoms with Crippen LogP contribution in [0.25, 0.3) is 6.08 Å². The lowest BCUT2D eigenvalue weighted by molar-refractivity contribution is -0.0499. The van der Waals surface area contributed by atoms with Crippen LogP contribution in [-0.4, -0.2) is 30.0 Å². The Bertz CT molecular complexity index is 840. The average Bonchev–Trinajstić information content (AvgIpc) is 2.88. The predicted molar refractivity (Wildman–Crippen MR) is 92.7 cm³/mol. The molecular weight excluding hydrogens is 344 g/mol. The van der Waals surface area contributed by atoms with Gasteiger partial charge < -0.3 is 14.5 Å². The van der Waals surface area contributed by atoms with Gasteiger partial charge in [0.05, 0.1) is 6.61 Å². The van der Waals surface area contributed by atoms with E-state index in [2.05, 4.69) is 9.72 Å². The molecule has 2 rings (SSSR count). The van der Waals surface area contributed by atoms with Crippen LogP contribution in [0.5, 0.6) is 5.75 Å². The fraction of sp³-hybridized carbons (Fsp3) is 0.263. The third-order valence-corrected chi connectivity index (χ3v) is 3.71. The zero-order valence-electron chi connectivity index (χ0n) is 14.6. The lowest BCUT2D eigenvalue weighted by atomic mass is 10.0. The number of hydrogen-bond donors (Lipinski definition) is 1. The van der Waals surface area contributed by atoms with Gasteiger partial charge in [0, 0.05) is 16.8 Å². The highest BCUT2D eigenvalue weighted by Gasteiger charge is 2.21. The minimum atomic E-state index is -2.96. The van der Waals surface area contributed by atoms with Gasteiger partial charge >= 0.3 is 12.6 Å². The van der Waals surface area contributed by atoms with E-state index in [9.17, 15) is 18.4 Å². The van der Waals surface area contributed by atoms with Gasteiger partial charge in [-0.15, -0.1) is 0 Å². The SMILES string of the molecule is CCOC(=O)c1[nH]c(C)c(C(=O)/C=C/c2ccccc2OC(F)F)c1C. The van der Waals surface area contributed by atoms with Crippen molar-refractivity contribution < 1.29 is 27.8 Å². The van der Waals surface area contributed by atoms with Gasteiger partial charge in [0.15, 0.2) is 5.78 Å². The number of ether oxygens (including phenoxy) is 2. The van der Waals surface area contributed by atoms with E-state index in [1.807, 2.05) is 0 Å². The van der Waals surface area contributed by atoms with Crippen LogP contribution in [0, 0.1) is 13.8 Å². The maximum atomic E-state index is 12.5. The molecule has 0 aliphatic carbocycles. The van der Waals surface area contributed by atoms with Crippen molar-refractivity contribution in [3.63, 3.8) is 0 Å². The minimum Gasteiger partial charge on any atom is -0.461 e. The monoisotopic (exact) mass is 363 g/mol. The smallest absolute Gasteiger partial charge is 0.387 e. The number of ketones is 1. The van der Waals surface area contributed by atoms with E-state index in [0.29, 0.717) is 22.4 Å². The molecule has 0 radical (unpaired) electrons. The number of carbonyl (C=O) groups is 2. The van der Waals surface area contributed by atoms with Crippen LogP contribution in [0.1, 0.15) is 44.6 Å². The largest absolute Gasteiger partial charge is 0.461 e. The summed E-state index contributed by atoms with van der Waals surface area (Å²) in [5.41, 5.74) is 1.92. The van der Waals surface area contributed by atoms with Crippen molar-refractivity contribution in [2.24, 2.45) is 0 Å². The summed E-state index contributed by atoms with van der Waals surface area (Å²) in [4.78, 5) is 27.3. The van der Waals surface area contributed by atoms with Crippen LogP contribution < -0.4 is 4.74 Å². The number of carbonyl (C=O) groups excluding carboxylic acids is 2. The van der Waals surface area contributed by atoms with Gasteiger partial charge in [0.25, 0.3) is 0 Å². The summed E-state index contributed by atoms with van der Waals surface area (Å²) < 4.78 is 34.3. The van der Waals surface area contributed by atoms with Crippen LogP contribution in [-0.2, 0) is 4.74 Å². The summed E-state index contributed by atoms with van der Waals surface area (Å²) in [6, 6.07) is 6.15. The number of esters is 1. The van der Waals surface area contributed by atoms with E-state index in [-0.39, 0.29) is 23.8 Å². The number of halogens is 2. The quantitative estimate of drug-likeness (QED) is 0.452. The van der Waals surface area contributed by atoms with Crippen molar-refractivity contribution in [2.45, 2.75) is 27.4 Å². The van der Waals surface area contributed by atoms with Gasteiger partial charge in [0.2, 0.25) is 0 Å². The third kappa shape index (κ3) is 4.36. The molecule has 0 amide bonds. The second-order valence-corrected chi connectivity index (χ2v) is 5.46. The topological polar surface area (TPSA) is 68.4 Å². The van der Waals surface area contributed by atoms with Crippen molar-refractivity contribution in [2.75, 3.05) is 6.61 Å². The van der Waals surface area contributed by atoms with Crippen molar-refractivity contribution in [1.29, 1.82) is 0 Å². The van der Waals surface area contributed by atoms with E-state index in [1.54, 1.807) is 39.0 Å². The highest BCUT2D eigenvalue weighted by Crippen LogP contribution is 2.23. The Morgan fingerprint density at radius 3 is 2.58 bits per heavy atom. The summed E-state index contributed by atoms with van der Waals surface area (Å²) in [7, 11) is 0. The molecule has 0 fully saturated rings. The van der Waals surface area contributed by atoms with E-state index in [0.717, 1.165) is 0 Å². The first-order chi connectivity index (χ1) is 12.3. The predicted octanol–water partition coefficient (Wildman–Crippen LogP) is 4.31. The molecule has 0 unspecified atom stereocenters. The molecule has 2 aromatic rings. The summed E-state index contributed by atoms with van der Waals surface area (Å²) in [5.74, 6) is -0.924. The molecule has 1 N–H and O–H groups in total. The fourth-order valence-electron chi connectivity index (χ4n) is 2.60. The van der Waals surface area contributed by atoms with Gasteiger partial charge in [-0.3, -0.25) is 4.79 Å². The lowest BCUT2D eigenvalue weighted by Gasteiger charge is -2.07. The van der Waals surface area contributed by atoms with E-state index >= 15 is 0 Å². The van der Waals surface area contributed by atoms with Crippen LogP contribution >= 0.6 is 0 Å². The molecule has 0 spiro atoms. The number of aryl methyl sites for hydroxylation is 1. The molecule has 26 heavy (non-hydrogen) atoms. The third-order valence-electron chi connectivity index (χ3n) is 3.71. The standard InChI is InChI=1S/C19H19F2NO4/c1-4-25-18(24)17-11(2)16(12(3)22-17)14(23)10-9-13-7-5-6-8-15(13)26-19(20)21/h5-10,19,22H,4H2,1-3H3/b10-9+. The molecular formula is C19H19F2NO4. The molecule has 1 aromatic carbocycles. The normalized spacial score (nSPS) is 11.2. The zero-order chi connectivity index (χ0) is 19.3. The molecule has 138 valence electrons. The number of hydrogen-bond acceptors (Lipinski definition) is 4. The van der Waals surface area contributed by atoms with Crippen LogP contribution in [0.3, 0.4) is 0 Å². The first-order valence-corrected chi connectivity index (χ1v) is 7.97. The average molecular weight is 363 g/mol. The molecule has 0 bridgehead atoms. The Kier molecular flexibility index (Phi) is 6.27. The van der Waals surface area contributed by atoms with Crippen molar-refractivity contribution >= 4 is 17.8 Å². The number of aromatic nitrogens is 1. The molecule has 0 aliphatic rings. The lowest BCUT2D eigenvalue weighted by Crippen LogP contribution is -2.07. The van der Waals surface area contributed by atoms with E-state index in [4.69, 9.17) is 4.74 Å². The first-order valence-electron chi connectivity index (χ1n) is 7.97. The number of rotatable bonds is 7. The second kappa shape index (κ2) is 8.42. The highest BCUT2D eigenvalue weighted by atomic mass is 19.3. The minimum absolute atomic E-state index is 0.0266.